The van der Waals surface area contributed by atoms with Crippen LogP contribution in [0.3, 0.4) is 0 Å². The van der Waals surface area contributed by atoms with E-state index in [1.165, 1.54) is 0 Å². The first-order valence-electron chi connectivity index (χ1n) is 8.70. The van der Waals surface area contributed by atoms with Crippen LogP contribution in [0, 0.1) is 0 Å². The van der Waals surface area contributed by atoms with Crippen molar-refractivity contribution in [3.05, 3.63) is 47.8 Å². The average Bonchev–Trinajstić information content (AvgIpc) is 3.22. The molecule has 2 aromatic carbocycles. The molecule has 0 spiro atoms. The summed E-state index contributed by atoms with van der Waals surface area (Å²) >= 11 is 0. The first-order chi connectivity index (χ1) is 12.7. The second-order valence-corrected chi connectivity index (χ2v) is 6.47. The van der Waals surface area contributed by atoms with Crippen LogP contribution in [-0.4, -0.2) is 33.3 Å². The molecule has 0 aliphatic carbocycles. The summed E-state index contributed by atoms with van der Waals surface area (Å²) in [5.41, 5.74) is 16.6. The number of phenols is 2. The standard InChI is InChI=1S/C20H22N4O2/c21-7-5-11-9-23-13-1-3-15(25)19(17(11)13)20-16(26)4-2-14-18(20)12(6-8-22)10-24-14/h1-4,9-10,23-26H,5-8,21-22H2. The molecule has 0 saturated heterocycles. The van der Waals surface area contributed by atoms with Gasteiger partial charge in [0.25, 0.3) is 0 Å². The fourth-order valence-corrected chi connectivity index (χ4v) is 3.78. The van der Waals surface area contributed by atoms with Crippen molar-refractivity contribution in [3.8, 4) is 22.6 Å². The number of benzene rings is 2. The molecule has 0 fully saturated rings. The van der Waals surface area contributed by atoms with Crippen LogP contribution in [0.15, 0.2) is 36.7 Å². The summed E-state index contributed by atoms with van der Waals surface area (Å²) in [6.45, 7) is 1.00. The largest absolute Gasteiger partial charge is 0.507 e. The van der Waals surface area contributed by atoms with Crippen molar-refractivity contribution in [2.24, 2.45) is 11.5 Å². The average molecular weight is 350 g/mol. The number of aromatic hydroxyl groups is 2. The third kappa shape index (κ3) is 2.42. The van der Waals surface area contributed by atoms with Crippen LogP contribution < -0.4 is 11.5 Å². The third-order valence-corrected chi connectivity index (χ3v) is 4.89. The predicted octanol–water partition coefficient (Wildman–Crippen LogP) is 2.73. The lowest BCUT2D eigenvalue weighted by Gasteiger charge is -2.13. The van der Waals surface area contributed by atoms with E-state index in [0.717, 1.165) is 32.9 Å². The molecule has 0 aliphatic rings. The monoisotopic (exact) mass is 350 g/mol. The zero-order valence-electron chi connectivity index (χ0n) is 14.3. The van der Waals surface area contributed by atoms with Gasteiger partial charge >= 0.3 is 0 Å². The normalized spacial score (nSPS) is 11.6. The lowest BCUT2D eigenvalue weighted by Crippen LogP contribution is -2.03. The van der Waals surface area contributed by atoms with Crippen molar-refractivity contribution in [3.63, 3.8) is 0 Å². The number of H-pyrrole nitrogens is 2. The second-order valence-electron chi connectivity index (χ2n) is 6.47. The summed E-state index contributed by atoms with van der Waals surface area (Å²) in [6, 6.07) is 6.97. The van der Waals surface area contributed by atoms with E-state index in [0.29, 0.717) is 37.1 Å². The van der Waals surface area contributed by atoms with Crippen molar-refractivity contribution < 1.29 is 10.2 Å². The van der Waals surface area contributed by atoms with Crippen LogP contribution in [-0.2, 0) is 12.8 Å². The fourth-order valence-electron chi connectivity index (χ4n) is 3.78. The number of nitrogens with one attached hydrogen (secondary N) is 2. The van der Waals surface area contributed by atoms with E-state index in [-0.39, 0.29) is 11.5 Å². The first kappa shape index (κ1) is 16.5. The van der Waals surface area contributed by atoms with Crippen LogP contribution in [0.1, 0.15) is 11.1 Å². The van der Waals surface area contributed by atoms with E-state index in [1.807, 2.05) is 24.5 Å². The molecule has 134 valence electrons. The molecule has 6 nitrogen and oxygen atoms in total. The number of hydrogen-bond acceptors (Lipinski definition) is 4. The van der Waals surface area contributed by atoms with Gasteiger partial charge in [-0.3, -0.25) is 0 Å². The topological polar surface area (TPSA) is 124 Å². The van der Waals surface area contributed by atoms with Gasteiger partial charge in [0.05, 0.1) is 0 Å². The lowest BCUT2D eigenvalue weighted by molar-refractivity contribution is 0.470. The number of aromatic nitrogens is 2. The highest BCUT2D eigenvalue weighted by Crippen LogP contribution is 2.46. The highest BCUT2D eigenvalue weighted by atomic mass is 16.3. The molecule has 4 aromatic rings. The van der Waals surface area contributed by atoms with Crippen LogP contribution in [0.2, 0.25) is 0 Å². The Kier molecular flexibility index (Phi) is 4.06. The second kappa shape index (κ2) is 6.40. The summed E-state index contributed by atoms with van der Waals surface area (Å²) in [4.78, 5) is 6.47. The SMILES string of the molecule is NCCc1c[nH]c2ccc(O)c(-c3c(O)ccc4[nH]cc(CCN)c34)c12. The van der Waals surface area contributed by atoms with Crippen molar-refractivity contribution in [2.45, 2.75) is 12.8 Å². The summed E-state index contributed by atoms with van der Waals surface area (Å²) in [5.74, 6) is 0.246. The van der Waals surface area contributed by atoms with Crippen LogP contribution in [0.25, 0.3) is 32.9 Å². The van der Waals surface area contributed by atoms with E-state index >= 15 is 0 Å². The number of aromatic amines is 2. The van der Waals surface area contributed by atoms with Crippen molar-refractivity contribution in [2.75, 3.05) is 13.1 Å². The van der Waals surface area contributed by atoms with Crippen LogP contribution >= 0.6 is 0 Å². The maximum absolute atomic E-state index is 10.7. The number of hydrogen-bond donors (Lipinski definition) is 6. The molecule has 0 bridgehead atoms. The fraction of sp³-hybridized carbons (Fsp3) is 0.200. The number of nitrogens with two attached hydrogens (primary N) is 2. The van der Waals surface area contributed by atoms with E-state index in [1.54, 1.807) is 12.1 Å². The van der Waals surface area contributed by atoms with Gasteiger partial charge in [0.15, 0.2) is 0 Å². The minimum absolute atomic E-state index is 0.123. The van der Waals surface area contributed by atoms with Gasteiger partial charge in [0, 0.05) is 45.3 Å². The number of fused-ring (bicyclic) bond motifs is 2. The molecule has 26 heavy (non-hydrogen) atoms. The van der Waals surface area contributed by atoms with Crippen molar-refractivity contribution in [1.29, 1.82) is 0 Å². The molecular weight excluding hydrogens is 328 g/mol. The maximum atomic E-state index is 10.7. The van der Waals surface area contributed by atoms with Gasteiger partial charge in [-0.1, -0.05) is 0 Å². The van der Waals surface area contributed by atoms with Gasteiger partial charge in [0.2, 0.25) is 0 Å². The molecule has 6 heteroatoms. The maximum Gasteiger partial charge on any atom is 0.124 e. The molecule has 2 aromatic heterocycles. The molecule has 0 radical (unpaired) electrons. The zero-order chi connectivity index (χ0) is 18.3. The summed E-state index contributed by atoms with van der Waals surface area (Å²) in [6.07, 6.45) is 5.18. The van der Waals surface area contributed by atoms with Crippen molar-refractivity contribution >= 4 is 21.8 Å². The molecule has 0 aliphatic heterocycles. The summed E-state index contributed by atoms with van der Waals surface area (Å²) in [7, 11) is 0. The number of rotatable bonds is 5. The molecular formula is C20H22N4O2. The van der Waals surface area contributed by atoms with Crippen molar-refractivity contribution in [1.82, 2.24) is 9.97 Å². The van der Waals surface area contributed by atoms with E-state index in [2.05, 4.69) is 9.97 Å². The predicted molar refractivity (Wildman–Crippen MR) is 104 cm³/mol. The van der Waals surface area contributed by atoms with E-state index in [9.17, 15) is 10.2 Å². The Morgan fingerprint density at radius 3 is 1.50 bits per heavy atom. The van der Waals surface area contributed by atoms with Gasteiger partial charge in [-0.2, -0.15) is 0 Å². The smallest absolute Gasteiger partial charge is 0.124 e. The Morgan fingerprint density at radius 2 is 1.12 bits per heavy atom. The molecule has 0 unspecified atom stereocenters. The van der Waals surface area contributed by atoms with Gasteiger partial charge in [-0.25, -0.2) is 0 Å². The zero-order valence-corrected chi connectivity index (χ0v) is 14.3. The molecule has 0 atom stereocenters. The molecule has 0 amide bonds. The molecule has 8 N–H and O–H groups in total. The Hall–Kier alpha value is -2.96. The highest BCUT2D eigenvalue weighted by molar-refractivity contribution is 6.10. The highest BCUT2D eigenvalue weighted by Gasteiger charge is 2.21. The Morgan fingerprint density at radius 1 is 0.692 bits per heavy atom. The molecule has 4 rings (SSSR count). The van der Waals surface area contributed by atoms with E-state index in [4.69, 9.17) is 11.5 Å². The number of phenolic OH excluding ortho intramolecular Hbond substituents is 2. The van der Waals surface area contributed by atoms with Gasteiger partial charge < -0.3 is 31.6 Å². The van der Waals surface area contributed by atoms with Gasteiger partial charge in [-0.05, 0) is 61.3 Å². The minimum atomic E-state index is 0.123. The minimum Gasteiger partial charge on any atom is -0.507 e. The summed E-state index contributed by atoms with van der Waals surface area (Å²) in [5, 5.41) is 23.2. The quantitative estimate of drug-likeness (QED) is 0.331. The van der Waals surface area contributed by atoms with Crippen LogP contribution in [0.5, 0.6) is 11.5 Å². The Labute approximate surface area is 150 Å². The Bertz CT molecular complexity index is 1010. The third-order valence-electron chi connectivity index (χ3n) is 4.89. The summed E-state index contributed by atoms with van der Waals surface area (Å²) < 4.78 is 0. The molecule has 2 heterocycles. The lowest BCUT2D eigenvalue weighted by atomic mass is 9.92. The van der Waals surface area contributed by atoms with Crippen LogP contribution in [0.4, 0.5) is 0 Å². The molecule has 0 saturated carbocycles. The first-order valence-corrected chi connectivity index (χ1v) is 8.70. The Balaban J connectivity index is 2.13. The van der Waals surface area contributed by atoms with Gasteiger partial charge in [0.1, 0.15) is 11.5 Å². The van der Waals surface area contributed by atoms with E-state index < -0.39 is 0 Å². The van der Waals surface area contributed by atoms with Gasteiger partial charge in [-0.15, -0.1) is 0 Å².